The first kappa shape index (κ1) is 11.0. The maximum absolute atomic E-state index is 10.8. The minimum atomic E-state index is 0.317. The zero-order valence-corrected chi connectivity index (χ0v) is 9.32. The Morgan fingerprint density at radius 3 is 2.53 bits per heavy atom. The van der Waals surface area contributed by atoms with Crippen molar-refractivity contribution in [1.29, 1.82) is 5.26 Å². The van der Waals surface area contributed by atoms with E-state index in [1.165, 1.54) is 0 Å². The molecule has 1 heterocycles. The number of nitrogens with one attached hydrogen (secondary N) is 1. The highest BCUT2D eigenvalue weighted by Crippen LogP contribution is 2.29. The molecule has 0 aliphatic rings. The molecular weight excluding hydrogens is 214 g/mol. The van der Waals surface area contributed by atoms with Crippen LogP contribution in [0.1, 0.15) is 21.7 Å². The lowest BCUT2D eigenvalue weighted by Crippen LogP contribution is -1.87. The molecule has 0 aliphatic carbocycles. The zero-order valence-electron chi connectivity index (χ0n) is 9.32. The average molecular weight is 225 g/mol. The van der Waals surface area contributed by atoms with Crippen LogP contribution in [0, 0.1) is 18.3 Å². The van der Waals surface area contributed by atoms with E-state index in [1.807, 2.05) is 19.1 Å². The molecule has 0 atom stereocenters. The van der Waals surface area contributed by atoms with E-state index in [0.29, 0.717) is 23.2 Å². The summed E-state index contributed by atoms with van der Waals surface area (Å²) in [7, 11) is 0. The van der Waals surface area contributed by atoms with Crippen LogP contribution in [0.25, 0.3) is 11.1 Å². The third kappa shape index (κ3) is 1.79. The monoisotopic (exact) mass is 225 g/mol. The van der Waals surface area contributed by atoms with E-state index in [0.717, 1.165) is 16.8 Å². The van der Waals surface area contributed by atoms with Gasteiger partial charge in [0.15, 0.2) is 6.29 Å². The SMILES string of the molecule is Cc1[nH]c(C=O)c(C#N)c1-c1ccc(N)cc1. The first-order valence-corrected chi connectivity index (χ1v) is 5.11. The van der Waals surface area contributed by atoms with Crippen LogP contribution >= 0.6 is 0 Å². The van der Waals surface area contributed by atoms with Crippen molar-refractivity contribution in [2.24, 2.45) is 0 Å². The lowest BCUT2D eigenvalue weighted by Gasteiger charge is -2.02. The molecule has 0 radical (unpaired) electrons. The summed E-state index contributed by atoms with van der Waals surface area (Å²) in [6.07, 6.45) is 0.659. The number of carbonyl (C=O) groups is 1. The molecule has 0 saturated heterocycles. The van der Waals surface area contributed by atoms with Crippen molar-refractivity contribution in [1.82, 2.24) is 4.98 Å². The molecule has 0 unspecified atom stereocenters. The second-order valence-electron chi connectivity index (χ2n) is 3.77. The Labute approximate surface area is 98.7 Å². The fourth-order valence-corrected chi connectivity index (χ4v) is 1.86. The number of nitrogen functional groups attached to an aromatic ring is 1. The summed E-state index contributed by atoms with van der Waals surface area (Å²) >= 11 is 0. The van der Waals surface area contributed by atoms with Crippen LogP contribution in [0.4, 0.5) is 5.69 Å². The minimum absolute atomic E-state index is 0.317. The van der Waals surface area contributed by atoms with Gasteiger partial charge in [-0.1, -0.05) is 12.1 Å². The number of hydrogen-bond acceptors (Lipinski definition) is 3. The molecule has 1 aromatic heterocycles. The fourth-order valence-electron chi connectivity index (χ4n) is 1.86. The van der Waals surface area contributed by atoms with Crippen LogP contribution in [0.15, 0.2) is 24.3 Å². The van der Waals surface area contributed by atoms with Crippen LogP contribution in [-0.2, 0) is 0 Å². The lowest BCUT2D eigenvalue weighted by atomic mass is 10.0. The van der Waals surface area contributed by atoms with Crippen molar-refractivity contribution in [3.8, 4) is 17.2 Å². The number of H-pyrrole nitrogens is 1. The van der Waals surface area contributed by atoms with Gasteiger partial charge in [-0.15, -0.1) is 0 Å². The smallest absolute Gasteiger partial charge is 0.167 e. The largest absolute Gasteiger partial charge is 0.399 e. The summed E-state index contributed by atoms with van der Waals surface area (Å²) in [5, 5.41) is 9.11. The van der Waals surface area contributed by atoms with Gasteiger partial charge in [0.1, 0.15) is 6.07 Å². The van der Waals surface area contributed by atoms with Gasteiger partial charge < -0.3 is 10.7 Å². The van der Waals surface area contributed by atoms with E-state index >= 15 is 0 Å². The number of aldehydes is 1. The van der Waals surface area contributed by atoms with Crippen LogP contribution in [0.5, 0.6) is 0 Å². The molecular formula is C13H11N3O. The third-order valence-corrected chi connectivity index (χ3v) is 2.65. The van der Waals surface area contributed by atoms with Gasteiger partial charge >= 0.3 is 0 Å². The number of carbonyl (C=O) groups excluding carboxylic acids is 1. The number of aromatic nitrogens is 1. The van der Waals surface area contributed by atoms with Gasteiger partial charge in [0.2, 0.25) is 0 Å². The quantitative estimate of drug-likeness (QED) is 0.607. The first-order chi connectivity index (χ1) is 8.17. The summed E-state index contributed by atoms with van der Waals surface area (Å²) in [4.78, 5) is 13.7. The predicted molar refractivity (Wildman–Crippen MR) is 65.5 cm³/mol. The number of rotatable bonds is 2. The Kier molecular flexibility index (Phi) is 2.67. The topological polar surface area (TPSA) is 82.7 Å². The van der Waals surface area contributed by atoms with Crippen molar-refractivity contribution in [3.63, 3.8) is 0 Å². The predicted octanol–water partition coefficient (Wildman–Crippen LogP) is 2.26. The van der Waals surface area contributed by atoms with Crippen LogP contribution in [0.3, 0.4) is 0 Å². The number of anilines is 1. The highest BCUT2D eigenvalue weighted by molar-refractivity contribution is 5.86. The molecule has 0 aliphatic heterocycles. The van der Waals surface area contributed by atoms with E-state index in [2.05, 4.69) is 11.1 Å². The fraction of sp³-hybridized carbons (Fsp3) is 0.0769. The van der Waals surface area contributed by atoms with E-state index in [-0.39, 0.29) is 0 Å². The molecule has 0 saturated carbocycles. The Hall–Kier alpha value is -2.54. The summed E-state index contributed by atoms with van der Waals surface area (Å²) in [6.45, 7) is 1.83. The molecule has 4 heteroatoms. The summed E-state index contributed by atoms with van der Waals surface area (Å²) in [5.74, 6) is 0. The third-order valence-electron chi connectivity index (χ3n) is 2.65. The molecule has 1 aromatic carbocycles. The van der Waals surface area contributed by atoms with Crippen LogP contribution in [-0.4, -0.2) is 11.3 Å². The summed E-state index contributed by atoms with van der Waals surface area (Å²) in [6, 6.07) is 9.26. The maximum atomic E-state index is 10.8. The number of hydrogen-bond donors (Lipinski definition) is 2. The highest BCUT2D eigenvalue weighted by atomic mass is 16.1. The van der Waals surface area contributed by atoms with E-state index in [9.17, 15) is 4.79 Å². The van der Waals surface area contributed by atoms with Gasteiger partial charge in [0.05, 0.1) is 11.3 Å². The van der Waals surface area contributed by atoms with Crippen molar-refractivity contribution in [2.45, 2.75) is 6.92 Å². The van der Waals surface area contributed by atoms with Gasteiger partial charge in [-0.2, -0.15) is 5.26 Å². The minimum Gasteiger partial charge on any atom is -0.399 e. The van der Waals surface area contributed by atoms with Gasteiger partial charge in [-0.25, -0.2) is 0 Å². The number of nitriles is 1. The van der Waals surface area contributed by atoms with E-state index in [4.69, 9.17) is 11.0 Å². The van der Waals surface area contributed by atoms with Crippen LogP contribution < -0.4 is 5.73 Å². The maximum Gasteiger partial charge on any atom is 0.167 e. The van der Waals surface area contributed by atoms with Gasteiger partial charge in [-0.3, -0.25) is 4.79 Å². The standard InChI is InChI=1S/C13H11N3O/c1-8-13(9-2-4-10(15)5-3-9)11(6-14)12(7-17)16-8/h2-5,7,16H,15H2,1H3. The molecule has 3 N–H and O–H groups in total. The molecule has 0 fully saturated rings. The molecule has 17 heavy (non-hydrogen) atoms. The van der Waals surface area contributed by atoms with Crippen molar-refractivity contribution in [2.75, 3.05) is 5.73 Å². The Bertz CT molecular complexity index is 603. The molecule has 0 spiro atoms. The summed E-state index contributed by atoms with van der Waals surface area (Å²) in [5.41, 5.74) is 9.40. The molecule has 2 aromatic rings. The van der Waals surface area contributed by atoms with Gasteiger partial charge in [-0.05, 0) is 24.6 Å². The summed E-state index contributed by atoms with van der Waals surface area (Å²) < 4.78 is 0. The number of benzene rings is 1. The zero-order chi connectivity index (χ0) is 12.4. The van der Waals surface area contributed by atoms with Crippen molar-refractivity contribution >= 4 is 12.0 Å². The Morgan fingerprint density at radius 2 is 2.00 bits per heavy atom. The van der Waals surface area contributed by atoms with Crippen molar-refractivity contribution in [3.05, 3.63) is 41.2 Å². The Balaban J connectivity index is 2.67. The first-order valence-electron chi connectivity index (χ1n) is 5.11. The number of nitrogens with zero attached hydrogens (tertiary/aromatic N) is 1. The molecule has 84 valence electrons. The molecule has 0 bridgehead atoms. The molecule has 2 rings (SSSR count). The normalized spacial score (nSPS) is 9.88. The number of nitrogens with two attached hydrogens (primary N) is 1. The second-order valence-corrected chi connectivity index (χ2v) is 3.77. The molecule has 4 nitrogen and oxygen atoms in total. The van der Waals surface area contributed by atoms with E-state index < -0.39 is 0 Å². The molecule has 0 amide bonds. The lowest BCUT2D eigenvalue weighted by molar-refractivity contribution is 0.111. The number of aryl methyl sites for hydroxylation is 1. The Morgan fingerprint density at radius 1 is 1.35 bits per heavy atom. The second kappa shape index (κ2) is 4.14. The van der Waals surface area contributed by atoms with Gasteiger partial charge in [0.25, 0.3) is 0 Å². The highest BCUT2D eigenvalue weighted by Gasteiger charge is 2.15. The van der Waals surface area contributed by atoms with Crippen molar-refractivity contribution < 1.29 is 4.79 Å². The van der Waals surface area contributed by atoms with Gasteiger partial charge in [0, 0.05) is 16.9 Å². The van der Waals surface area contributed by atoms with Crippen LogP contribution in [0.2, 0.25) is 0 Å². The average Bonchev–Trinajstić information content (AvgIpc) is 2.66. The van der Waals surface area contributed by atoms with E-state index in [1.54, 1.807) is 12.1 Å². The number of aromatic amines is 1.